The predicted molar refractivity (Wildman–Crippen MR) is 116 cm³/mol. The van der Waals surface area contributed by atoms with Crippen LogP contribution in [-0.2, 0) is 10.0 Å². The summed E-state index contributed by atoms with van der Waals surface area (Å²) in [6.07, 6.45) is 1.50. The van der Waals surface area contributed by atoms with E-state index in [1.165, 1.54) is 18.3 Å². The molecule has 0 atom stereocenters. The molecule has 0 amide bonds. The Morgan fingerprint density at radius 3 is 2.45 bits per heavy atom. The summed E-state index contributed by atoms with van der Waals surface area (Å²) < 4.78 is 28.3. The molecule has 0 saturated carbocycles. The molecule has 0 unspecified atom stereocenters. The van der Waals surface area contributed by atoms with Crippen molar-refractivity contribution in [1.29, 1.82) is 0 Å². The number of hydrogen-bond acceptors (Lipinski definition) is 6. The standard InChI is InChI=1S/C19H15BrN4O4S/c20-15-6-4-5-14(11-15)13-21-22-18-10-9-17(12-19(18)24(25)26)29(27,28)23-16-7-2-1-3-8-16/h1-13,22-23H/b21-13+. The molecule has 0 spiro atoms. The second kappa shape index (κ2) is 8.84. The number of rotatable bonds is 7. The van der Waals surface area contributed by atoms with Gasteiger partial charge >= 0.3 is 0 Å². The van der Waals surface area contributed by atoms with Crippen LogP contribution in [0.3, 0.4) is 0 Å². The molecule has 0 bridgehead atoms. The number of sulfonamides is 1. The van der Waals surface area contributed by atoms with Crippen LogP contribution in [0.15, 0.2) is 87.3 Å². The molecule has 8 nitrogen and oxygen atoms in total. The van der Waals surface area contributed by atoms with E-state index in [0.29, 0.717) is 5.69 Å². The van der Waals surface area contributed by atoms with Crippen molar-refractivity contribution in [3.63, 3.8) is 0 Å². The molecule has 0 aliphatic heterocycles. The summed E-state index contributed by atoms with van der Waals surface area (Å²) in [6.45, 7) is 0. The fourth-order valence-electron chi connectivity index (χ4n) is 2.41. The fourth-order valence-corrected chi connectivity index (χ4v) is 3.90. The van der Waals surface area contributed by atoms with Gasteiger partial charge < -0.3 is 0 Å². The zero-order valence-corrected chi connectivity index (χ0v) is 17.2. The first-order valence-electron chi connectivity index (χ1n) is 8.26. The summed E-state index contributed by atoms with van der Waals surface area (Å²) in [5, 5.41) is 15.4. The van der Waals surface area contributed by atoms with Gasteiger partial charge in [-0.15, -0.1) is 0 Å². The molecule has 3 rings (SSSR count). The second-order valence-corrected chi connectivity index (χ2v) is 8.43. The third-order valence-corrected chi connectivity index (χ3v) is 5.62. The zero-order valence-electron chi connectivity index (χ0n) is 14.8. The van der Waals surface area contributed by atoms with E-state index in [1.807, 2.05) is 24.3 Å². The molecule has 0 heterocycles. The summed E-state index contributed by atoms with van der Waals surface area (Å²) >= 11 is 3.35. The van der Waals surface area contributed by atoms with E-state index in [4.69, 9.17) is 0 Å². The number of anilines is 2. The summed E-state index contributed by atoms with van der Waals surface area (Å²) in [6, 6.07) is 19.2. The number of hydrazone groups is 1. The summed E-state index contributed by atoms with van der Waals surface area (Å²) in [5.74, 6) is 0. The Labute approximate surface area is 175 Å². The lowest BCUT2D eigenvalue weighted by atomic mass is 10.2. The molecule has 0 aromatic heterocycles. The third kappa shape index (κ3) is 5.39. The molecule has 29 heavy (non-hydrogen) atoms. The van der Waals surface area contributed by atoms with E-state index in [1.54, 1.807) is 30.3 Å². The van der Waals surface area contributed by atoms with Crippen molar-refractivity contribution in [1.82, 2.24) is 0 Å². The number of nitrogens with zero attached hydrogens (tertiary/aromatic N) is 2. The Bertz CT molecular complexity index is 1170. The van der Waals surface area contributed by atoms with Gasteiger partial charge in [-0.2, -0.15) is 5.10 Å². The van der Waals surface area contributed by atoms with Crippen LogP contribution in [0, 0.1) is 10.1 Å². The number of nitrogens with one attached hydrogen (secondary N) is 2. The Kier molecular flexibility index (Phi) is 6.25. The number of halogens is 1. The Morgan fingerprint density at radius 1 is 1.00 bits per heavy atom. The molecule has 3 aromatic rings. The van der Waals surface area contributed by atoms with Crippen molar-refractivity contribution in [2.45, 2.75) is 4.90 Å². The molecular formula is C19H15BrN4O4S. The van der Waals surface area contributed by atoms with E-state index in [9.17, 15) is 18.5 Å². The van der Waals surface area contributed by atoms with Crippen molar-refractivity contribution in [2.24, 2.45) is 5.10 Å². The summed E-state index contributed by atoms with van der Waals surface area (Å²) in [4.78, 5) is 10.5. The molecule has 148 valence electrons. The number of hydrogen-bond donors (Lipinski definition) is 2. The van der Waals surface area contributed by atoms with Crippen LogP contribution >= 0.6 is 15.9 Å². The monoisotopic (exact) mass is 474 g/mol. The van der Waals surface area contributed by atoms with E-state index in [0.717, 1.165) is 16.1 Å². The Morgan fingerprint density at radius 2 is 1.76 bits per heavy atom. The van der Waals surface area contributed by atoms with Crippen LogP contribution in [0.4, 0.5) is 17.1 Å². The van der Waals surface area contributed by atoms with Gasteiger partial charge in [-0.3, -0.25) is 20.3 Å². The van der Waals surface area contributed by atoms with Crippen LogP contribution in [-0.4, -0.2) is 19.6 Å². The maximum Gasteiger partial charge on any atom is 0.295 e. The van der Waals surface area contributed by atoms with Crippen molar-refractivity contribution in [3.8, 4) is 0 Å². The largest absolute Gasteiger partial charge is 0.295 e. The Balaban J connectivity index is 1.84. The molecule has 0 radical (unpaired) electrons. The number of nitro groups is 1. The first kappa shape index (κ1) is 20.5. The van der Waals surface area contributed by atoms with Gasteiger partial charge in [0.2, 0.25) is 0 Å². The van der Waals surface area contributed by atoms with Crippen molar-refractivity contribution in [3.05, 3.63) is 92.9 Å². The SMILES string of the molecule is O=[N+]([O-])c1cc(S(=O)(=O)Nc2ccccc2)ccc1N/N=C/c1cccc(Br)c1. The highest BCUT2D eigenvalue weighted by atomic mass is 79.9. The average Bonchev–Trinajstić information content (AvgIpc) is 2.68. The zero-order chi connectivity index (χ0) is 20.9. The highest BCUT2D eigenvalue weighted by molar-refractivity contribution is 9.10. The van der Waals surface area contributed by atoms with Gasteiger partial charge in [0.15, 0.2) is 0 Å². The van der Waals surface area contributed by atoms with Crippen molar-refractivity contribution < 1.29 is 13.3 Å². The lowest BCUT2D eigenvalue weighted by Crippen LogP contribution is -2.13. The molecule has 0 fully saturated rings. The minimum atomic E-state index is -3.98. The maximum absolute atomic E-state index is 12.5. The summed E-state index contributed by atoms with van der Waals surface area (Å²) in [5.41, 5.74) is 3.38. The van der Waals surface area contributed by atoms with E-state index < -0.39 is 20.6 Å². The molecule has 0 aliphatic rings. The number of benzene rings is 3. The molecule has 0 aliphatic carbocycles. The highest BCUT2D eigenvalue weighted by Gasteiger charge is 2.21. The third-order valence-electron chi connectivity index (χ3n) is 3.75. The minimum absolute atomic E-state index is 0.0694. The smallest absolute Gasteiger partial charge is 0.280 e. The molecule has 10 heteroatoms. The van der Waals surface area contributed by atoms with E-state index in [2.05, 4.69) is 31.2 Å². The van der Waals surface area contributed by atoms with Crippen LogP contribution in [0.2, 0.25) is 0 Å². The molecular weight excluding hydrogens is 460 g/mol. The lowest BCUT2D eigenvalue weighted by Gasteiger charge is -2.09. The first-order valence-corrected chi connectivity index (χ1v) is 10.5. The van der Waals surface area contributed by atoms with Gasteiger partial charge in [0.05, 0.1) is 16.0 Å². The second-order valence-electron chi connectivity index (χ2n) is 5.83. The van der Waals surface area contributed by atoms with Crippen LogP contribution < -0.4 is 10.1 Å². The van der Waals surface area contributed by atoms with Gasteiger partial charge in [0.1, 0.15) is 5.69 Å². The number of para-hydroxylation sites is 1. The lowest BCUT2D eigenvalue weighted by molar-refractivity contribution is -0.384. The average molecular weight is 475 g/mol. The normalized spacial score (nSPS) is 11.3. The van der Waals surface area contributed by atoms with E-state index >= 15 is 0 Å². The first-order chi connectivity index (χ1) is 13.8. The quantitative estimate of drug-likeness (QED) is 0.295. The Hall–Kier alpha value is -3.24. The van der Waals surface area contributed by atoms with E-state index in [-0.39, 0.29) is 10.6 Å². The van der Waals surface area contributed by atoms with Gasteiger partial charge in [0.25, 0.3) is 15.7 Å². The van der Waals surface area contributed by atoms with Gasteiger partial charge in [-0.25, -0.2) is 8.42 Å². The van der Waals surface area contributed by atoms with Crippen LogP contribution in [0.5, 0.6) is 0 Å². The van der Waals surface area contributed by atoms with Crippen molar-refractivity contribution in [2.75, 3.05) is 10.1 Å². The number of nitro benzene ring substituents is 1. The molecule has 2 N–H and O–H groups in total. The van der Waals surface area contributed by atoms with Crippen LogP contribution in [0.1, 0.15) is 5.56 Å². The minimum Gasteiger partial charge on any atom is -0.280 e. The maximum atomic E-state index is 12.5. The summed E-state index contributed by atoms with van der Waals surface area (Å²) in [7, 11) is -3.98. The van der Waals surface area contributed by atoms with Gasteiger partial charge in [0, 0.05) is 16.2 Å². The molecule has 0 saturated heterocycles. The van der Waals surface area contributed by atoms with Gasteiger partial charge in [-0.05, 0) is 42.0 Å². The topological polar surface area (TPSA) is 114 Å². The van der Waals surface area contributed by atoms with Gasteiger partial charge in [-0.1, -0.05) is 46.3 Å². The van der Waals surface area contributed by atoms with Crippen molar-refractivity contribution >= 4 is 49.2 Å². The highest BCUT2D eigenvalue weighted by Crippen LogP contribution is 2.28. The fraction of sp³-hybridized carbons (Fsp3) is 0. The predicted octanol–water partition coefficient (Wildman–Crippen LogP) is 4.60. The van der Waals surface area contributed by atoms with Crippen LogP contribution in [0.25, 0.3) is 0 Å². The molecule has 3 aromatic carbocycles.